The highest BCUT2D eigenvalue weighted by Gasteiger charge is 2.37. The van der Waals surface area contributed by atoms with E-state index in [0.717, 1.165) is 25.7 Å². The van der Waals surface area contributed by atoms with Gasteiger partial charge in [0.25, 0.3) is 5.91 Å². The average Bonchev–Trinajstić information content (AvgIpc) is 3.41. The van der Waals surface area contributed by atoms with Crippen molar-refractivity contribution in [1.82, 2.24) is 10.2 Å². The quantitative estimate of drug-likeness (QED) is 0.391. The van der Waals surface area contributed by atoms with E-state index < -0.39 is 23.9 Å². The predicted molar refractivity (Wildman–Crippen MR) is 166 cm³/mol. The summed E-state index contributed by atoms with van der Waals surface area (Å²) in [6.45, 7) is 3.47. The van der Waals surface area contributed by atoms with Gasteiger partial charge >= 0.3 is 6.03 Å². The molecule has 0 unspecified atom stereocenters. The molecule has 44 heavy (non-hydrogen) atoms. The molecule has 3 aromatic rings. The zero-order chi connectivity index (χ0) is 30.6. The SMILES string of the molecule is CCOc1cccc(NC(=O)N[C@@H]2N=C(c3ccccc3F)c3ccccc3N(CC(=O)N3CC4CCC(CC4)C3)C2=O)c1. The van der Waals surface area contributed by atoms with Crippen LogP contribution in [0, 0.1) is 17.7 Å². The summed E-state index contributed by atoms with van der Waals surface area (Å²) in [5, 5.41) is 5.39. The third-order valence-corrected chi connectivity index (χ3v) is 8.58. The number of rotatable bonds is 7. The smallest absolute Gasteiger partial charge is 0.321 e. The summed E-state index contributed by atoms with van der Waals surface area (Å²) in [7, 11) is 0. The van der Waals surface area contributed by atoms with Gasteiger partial charge in [0.05, 0.1) is 18.0 Å². The van der Waals surface area contributed by atoms with Crippen molar-refractivity contribution in [2.75, 3.05) is 36.5 Å². The van der Waals surface area contributed by atoms with Crippen molar-refractivity contribution >= 4 is 34.9 Å². The first-order valence-corrected chi connectivity index (χ1v) is 15.2. The minimum Gasteiger partial charge on any atom is -0.494 e. The number of halogens is 1. The number of nitrogens with zero attached hydrogens (tertiary/aromatic N) is 3. The Morgan fingerprint density at radius 1 is 0.932 bits per heavy atom. The monoisotopic (exact) mass is 597 g/mol. The number of urea groups is 1. The van der Waals surface area contributed by atoms with Crippen molar-refractivity contribution in [2.24, 2.45) is 16.8 Å². The van der Waals surface area contributed by atoms with Crippen molar-refractivity contribution < 1.29 is 23.5 Å². The van der Waals surface area contributed by atoms with Crippen molar-refractivity contribution in [3.63, 3.8) is 0 Å². The number of nitrogens with one attached hydrogen (secondary N) is 2. The fourth-order valence-electron chi connectivity index (χ4n) is 6.41. The van der Waals surface area contributed by atoms with Crippen LogP contribution in [0.3, 0.4) is 0 Å². The van der Waals surface area contributed by atoms with Crippen molar-refractivity contribution in [2.45, 2.75) is 38.8 Å². The molecular weight excluding hydrogens is 561 g/mol. The largest absolute Gasteiger partial charge is 0.494 e. The van der Waals surface area contributed by atoms with Gasteiger partial charge in [0.2, 0.25) is 12.1 Å². The first-order chi connectivity index (χ1) is 21.4. The zero-order valence-electron chi connectivity index (χ0n) is 24.7. The number of hydrogen-bond acceptors (Lipinski definition) is 5. The number of hydrogen-bond donors (Lipinski definition) is 2. The molecule has 2 bridgehead atoms. The van der Waals surface area contributed by atoms with E-state index >= 15 is 4.39 Å². The molecule has 10 heteroatoms. The van der Waals surface area contributed by atoms with Crippen LogP contribution >= 0.6 is 0 Å². The normalized spacial score (nSPS) is 21.1. The van der Waals surface area contributed by atoms with E-state index in [2.05, 4.69) is 15.6 Å². The topological polar surface area (TPSA) is 103 Å². The second-order valence-corrected chi connectivity index (χ2v) is 11.5. The molecule has 228 valence electrons. The van der Waals surface area contributed by atoms with Gasteiger partial charge in [0.15, 0.2) is 0 Å². The number of para-hydroxylation sites is 1. The van der Waals surface area contributed by atoms with Crippen molar-refractivity contribution in [3.05, 3.63) is 89.7 Å². The summed E-state index contributed by atoms with van der Waals surface area (Å²) in [5.41, 5.74) is 1.77. The Morgan fingerprint density at radius 3 is 2.32 bits per heavy atom. The Bertz CT molecular complexity index is 1570. The molecule has 1 aliphatic carbocycles. The first-order valence-electron chi connectivity index (χ1n) is 15.2. The Balaban J connectivity index is 1.33. The third-order valence-electron chi connectivity index (χ3n) is 8.58. The van der Waals surface area contributed by atoms with Crippen LogP contribution in [0.25, 0.3) is 0 Å². The van der Waals surface area contributed by atoms with E-state index in [0.29, 0.717) is 54.2 Å². The third kappa shape index (κ3) is 6.29. The van der Waals surface area contributed by atoms with Gasteiger partial charge in [-0.25, -0.2) is 14.2 Å². The lowest BCUT2D eigenvalue weighted by atomic mass is 9.84. The summed E-state index contributed by atoms with van der Waals surface area (Å²) in [6.07, 6.45) is 3.05. The maximum atomic E-state index is 15.2. The Hall–Kier alpha value is -4.73. The summed E-state index contributed by atoms with van der Waals surface area (Å²) < 4.78 is 20.7. The van der Waals surface area contributed by atoms with Crippen LogP contribution in [-0.2, 0) is 9.59 Å². The van der Waals surface area contributed by atoms with Crippen molar-refractivity contribution in [1.29, 1.82) is 0 Å². The van der Waals surface area contributed by atoms with Gasteiger partial charge in [0.1, 0.15) is 18.1 Å². The number of benzodiazepines with no additional fused rings is 1. The summed E-state index contributed by atoms with van der Waals surface area (Å²) in [5.74, 6) is 0.262. The summed E-state index contributed by atoms with van der Waals surface area (Å²) in [6, 6.07) is 19.4. The highest BCUT2D eigenvalue weighted by Crippen LogP contribution is 2.34. The fraction of sp³-hybridized carbons (Fsp3) is 0.353. The van der Waals surface area contributed by atoms with E-state index in [9.17, 15) is 14.4 Å². The van der Waals surface area contributed by atoms with Crippen molar-refractivity contribution in [3.8, 4) is 5.75 Å². The number of aliphatic imine (C=N–C) groups is 1. The van der Waals surface area contributed by atoms with Gasteiger partial charge in [0, 0.05) is 36.0 Å². The van der Waals surface area contributed by atoms with E-state index in [1.807, 2.05) is 11.8 Å². The van der Waals surface area contributed by atoms with Gasteiger partial charge < -0.3 is 20.3 Å². The molecule has 3 fully saturated rings. The molecule has 1 atom stereocenters. The zero-order valence-corrected chi connectivity index (χ0v) is 24.7. The van der Waals surface area contributed by atoms with E-state index in [4.69, 9.17) is 4.74 Å². The molecule has 4 aliphatic rings. The highest BCUT2D eigenvalue weighted by molar-refractivity contribution is 6.21. The summed E-state index contributed by atoms with van der Waals surface area (Å²) in [4.78, 5) is 49.1. The lowest BCUT2D eigenvalue weighted by Gasteiger charge is -2.29. The molecule has 9 nitrogen and oxygen atoms in total. The molecule has 2 saturated heterocycles. The molecule has 7 rings (SSSR count). The van der Waals surface area contributed by atoms with Gasteiger partial charge in [-0.2, -0.15) is 0 Å². The molecule has 1 saturated carbocycles. The lowest BCUT2D eigenvalue weighted by molar-refractivity contribution is -0.132. The highest BCUT2D eigenvalue weighted by atomic mass is 19.1. The standard InChI is InChI=1S/C34H36FN5O4/c1-2-44-25-9-7-8-24(18-25)36-34(43)38-32-33(42)40(21-30(41)39-19-22-14-15-23(20-39)17-16-22)29-13-6-4-11-27(29)31(37-32)26-10-3-5-12-28(26)35/h3-13,18,22-23,32H,2,14-17,19-21H2,1H3,(H2,36,38,43)/t22?,23?,32-/m0/s1. The van der Waals surface area contributed by atoms with Gasteiger partial charge in [-0.1, -0.05) is 36.4 Å². The fourth-order valence-corrected chi connectivity index (χ4v) is 6.41. The number of carbonyl (C=O) groups excluding carboxylic acids is 3. The van der Waals surface area contributed by atoms with Crippen LogP contribution in [0.15, 0.2) is 77.8 Å². The number of benzene rings is 3. The first kappa shape index (κ1) is 29.3. The summed E-state index contributed by atoms with van der Waals surface area (Å²) >= 11 is 0. The van der Waals surface area contributed by atoms with Crippen LogP contribution in [0.2, 0.25) is 0 Å². The van der Waals surface area contributed by atoms with E-state index in [-0.39, 0.29) is 23.7 Å². The molecule has 2 N–H and O–H groups in total. The van der Waals surface area contributed by atoms with Crippen LogP contribution in [0.5, 0.6) is 5.75 Å². The molecule has 0 radical (unpaired) electrons. The van der Waals surface area contributed by atoms with E-state index in [1.165, 1.54) is 11.0 Å². The van der Waals surface area contributed by atoms with Crippen LogP contribution in [-0.4, -0.2) is 60.9 Å². The number of amides is 4. The maximum Gasteiger partial charge on any atom is 0.321 e. The van der Waals surface area contributed by atoms with E-state index in [1.54, 1.807) is 66.7 Å². The molecule has 0 spiro atoms. The Labute approximate surface area is 256 Å². The molecule has 0 aromatic heterocycles. The molecule has 4 amide bonds. The van der Waals surface area contributed by atoms with Gasteiger partial charge in [-0.15, -0.1) is 0 Å². The minimum absolute atomic E-state index is 0.155. The number of anilines is 2. The van der Waals surface area contributed by atoms with Crippen LogP contribution in [0.4, 0.5) is 20.6 Å². The minimum atomic E-state index is -1.43. The number of ether oxygens (including phenoxy) is 1. The Morgan fingerprint density at radius 2 is 1.61 bits per heavy atom. The second kappa shape index (κ2) is 12.9. The second-order valence-electron chi connectivity index (χ2n) is 11.5. The lowest BCUT2D eigenvalue weighted by Crippen LogP contribution is -2.51. The van der Waals surface area contributed by atoms with Crippen LogP contribution < -0.4 is 20.3 Å². The predicted octanol–water partition coefficient (Wildman–Crippen LogP) is 5.20. The molecule has 3 aromatic carbocycles. The molecule has 3 heterocycles. The number of fused-ring (bicyclic) bond motifs is 5. The van der Waals surface area contributed by atoms with Gasteiger partial charge in [-0.3, -0.25) is 14.5 Å². The van der Waals surface area contributed by atoms with Crippen LogP contribution in [0.1, 0.15) is 43.7 Å². The number of carbonyl (C=O) groups is 3. The molecular formula is C34H36FN5O4. The average molecular weight is 598 g/mol. The Kier molecular flexibility index (Phi) is 8.58. The molecule has 3 aliphatic heterocycles. The van der Waals surface area contributed by atoms with Gasteiger partial charge in [-0.05, 0) is 74.8 Å². The maximum absolute atomic E-state index is 15.2.